The topological polar surface area (TPSA) is 70.1 Å². The van der Waals surface area contributed by atoms with Crippen LogP contribution in [0, 0.1) is 0 Å². The molecule has 1 heterocycles. The van der Waals surface area contributed by atoms with Gasteiger partial charge in [0.1, 0.15) is 6.04 Å². The van der Waals surface area contributed by atoms with Crippen LogP contribution in [-0.4, -0.2) is 65.2 Å². The lowest BCUT2D eigenvalue weighted by atomic mass is 10.1. The van der Waals surface area contributed by atoms with E-state index in [0.29, 0.717) is 5.56 Å². The molecule has 132 valence electrons. The summed E-state index contributed by atoms with van der Waals surface area (Å²) < 4.78 is 5.73. The van der Waals surface area contributed by atoms with Crippen molar-refractivity contribution in [1.29, 1.82) is 0 Å². The fourth-order valence-electron chi connectivity index (χ4n) is 2.97. The Morgan fingerprint density at radius 2 is 1.79 bits per heavy atom. The molecule has 24 heavy (non-hydrogen) atoms. The molecule has 1 fully saturated rings. The number of rotatable bonds is 5. The molecule has 1 aliphatic heterocycles. The van der Waals surface area contributed by atoms with Crippen molar-refractivity contribution in [2.75, 3.05) is 20.1 Å². The Morgan fingerprint density at radius 3 is 2.29 bits per heavy atom. The van der Waals surface area contributed by atoms with Gasteiger partial charge in [-0.15, -0.1) is 0 Å². The van der Waals surface area contributed by atoms with Gasteiger partial charge in [0, 0.05) is 32.2 Å². The lowest BCUT2D eigenvalue weighted by Gasteiger charge is -2.35. The molecule has 2 rings (SSSR count). The number of carboxylic acid groups (broad SMARTS) is 1. The zero-order chi connectivity index (χ0) is 17.9. The third kappa shape index (κ3) is 4.55. The van der Waals surface area contributed by atoms with Crippen LogP contribution in [0.5, 0.6) is 0 Å². The number of morpholine rings is 1. The van der Waals surface area contributed by atoms with E-state index >= 15 is 0 Å². The number of hydrogen-bond donors (Lipinski definition) is 1. The minimum absolute atomic E-state index is 0.223. The van der Waals surface area contributed by atoms with Gasteiger partial charge in [-0.2, -0.15) is 0 Å². The maximum absolute atomic E-state index is 12.3. The van der Waals surface area contributed by atoms with Crippen molar-refractivity contribution in [3.63, 3.8) is 0 Å². The molecule has 0 spiro atoms. The fourth-order valence-corrected chi connectivity index (χ4v) is 2.97. The zero-order valence-electron chi connectivity index (χ0n) is 14.7. The summed E-state index contributed by atoms with van der Waals surface area (Å²) in [6.45, 7) is 8.24. The van der Waals surface area contributed by atoms with E-state index in [-0.39, 0.29) is 18.1 Å². The molecule has 6 nitrogen and oxygen atoms in total. The molecule has 0 radical (unpaired) electrons. The van der Waals surface area contributed by atoms with Crippen molar-refractivity contribution < 1.29 is 19.4 Å². The van der Waals surface area contributed by atoms with E-state index in [4.69, 9.17) is 9.84 Å². The van der Waals surface area contributed by atoms with Gasteiger partial charge in [0.25, 0.3) is 5.91 Å². The summed E-state index contributed by atoms with van der Waals surface area (Å²) in [6.07, 6.45) is 0.446. The third-order valence-corrected chi connectivity index (χ3v) is 4.36. The minimum Gasteiger partial charge on any atom is -0.480 e. The van der Waals surface area contributed by atoms with E-state index in [2.05, 4.69) is 18.7 Å². The van der Waals surface area contributed by atoms with E-state index in [1.165, 1.54) is 18.9 Å². The number of hydrogen-bond acceptors (Lipinski definition) is 4. The first-order valence-corrected chi connectivity index (χ1v) is 8.24. The van der Waals surface area contributed by atoms with Crippen LogP contribution in [0.2, 0.25) is 0 Å². The van der Waals surface area contributed by atoms with Crippen LogP contribution in [-0.2, 0) is 16.1 Å². The SMILES string of the molecule is C[C@@H]1CN(Cc2ccc(C(=O)N(C)[C@H](C)C(=O)O)cc2)C[C@@H](C)O1. The van der Waals surface area contributed by atoms with Gasteiger partial charge in [-0.3, -0.25) is 9.69 Å². The van der Waals surface area contributed by atoms with Gasteiger partial charge in [-0.05, 0) is 38.5 Å². The van der Waals surface area contributed by atoms with E-state index < -0.39 is 12.0 Å². The van der Waals surface area contributed by atoms with Gasteiger partial charge in [-0.25, -0.2) is 4.79 Å². The molecule has 6 heteroatoms. The van der Waals surface area contributed by atoms with Crippen LogP contribution in [0.4, 0.5) is 0 Å². The molecule has 1 N–H and O–H groups in total. The Kier molecular flexibility index (Phi) is 5.96. The molecule has 0 unspecified atom stereocenters. The van der Waals surface area contributed by atoms with E-state index in [9.17, 15) is 9.59 Å². The van der Waals surface area contributed by atoms with Crippen molar-refractivity contribution in [3.8, 4) is 0 Å². The summed E-state index contributed by atoms with van der Waals surface area (Å²) in [5.41, 5.74) is 1.62. The van der Waals surface area contributed by atoms with Crippen LogP contribution < -0.4 is 0 Å². The van der Waals surface area contributed by atoms with Gasteiger partial charge in [0.15, 0.2) is 0 Å². The number of amides is 1. The van der Waals surface area contributed by atoms with Crippen LogP contribution in [0.1, 0.15) is 36.7 Å². The molecule has 0 saturated carbocycles. The molecule has 0 aliphatic carbocycles. The number of benzene rings is 1. The highest BCUT2D eigenvalue weighted by Gasteiger charge is 2.24. The van der Waals surface area contributed by atoms with Gasteiger partial charge < -0.3 is 14.7 Å². The molecule has 0 aromatic heterocycles. The van der Waals surface area contributed by atoms with E-state index in [1.54, 1.807) is 12.1 Å². The Morgan fingerprint density at radius 1 is 1.25 bits per heavy atom. The predicted molar refractivity (Wildman–Crippen MR) is 90.9 cm³/mol. The number of carbonyl (C=O) groups is 2. The number of carbonyl (C=O) groups excluding carboxylic acids is 1. The standard InChI is InChI=1S/C18H26N2O4/c1-12-9-20(10-13(2)24-12)11-15-5-7-16(8-6-15)17(21)19(4)14(3)18(22)23/h5-8,12-14H,9-11H2,1-4H3,(H,22,23)/t12-,13-,14-/m1/s1. The molecule has 0 bridgehead atoms. The van der Waals surface area contributed by atoms with E-state index in [0.717, 1.165) is 25.2 Å². The average Bonchev–Trinajstić information content (AvgIpc) is 2.52. The molecule has 1 saturated heterocycles. The largest absolute Gasteiger partial charge is 0.480 e. The Labute approximate surface area is 143 Å². The second kappa shape index (κ2) is 7.77. The van der Waals surface area contributed by atoms with E-state index in [1.807, 2.05) is 12.1 Å². The van der Waals surface area contributed by atoms with Gasteiger partial charge in [0.05, 0.1) is 12.2 Å². The number of likely N-dealkylation sites (N-methyl/N-ethyl adjacent to an activating group) is 1. The number of aliphatic carboxylic acids is 1. The first kappa shape index (κ1) is 18.4. The molecule has 1 amide bonds. The molecule has 1 aliphatic rings. The number of ether oxygens (including phenoxy) is 1. The average molecular weight is 334 g/mol. The van der Waals surface area contributed by atoms with Gasteiger partial charge in [0.2, 0.25) is 0 Å². The maximum atomic E-state index is 12.3. The van der Waals surface area contributed by atoms with Crippen molar-refractivity contribution in [3.05, 3.63) is 35.4 Å². The molecular formula is C18H26N2O4. The summed E-state index contributed by atoms with van der Waals surface area (Å²) in [5.74, 6) is -1.30. The van der Waals surface area contributed by atoms with Crippen molar-refractivity contribution >= 4 is 11.9 Å². The van der Waals surface area contributed by atoms with Crippen LogP contribution in [0.25, 0.3) is 0 Å². The summed E-state index contributed by atoms with van der Waals surface area (Å²) in [4.78, 5) is 26.9. The minimum atomic E-state index is -1.02. The van der Waals surface area contributed by atoms with Crippen molar-refractivity contribution in [2.24, 2.45) is 0 Å². The van der Waals surface area contributed by atoms with Crippen molar-refractivity contribution in [2.45, 2.75) is 45.6 Å². The molecule has 1 aromatic rings. The predicted octanol–water partition coefficient (Wildman–Crippen LogP) is 1.84. The summed E-state index contributed by atoms with van der Waals surface area (Å²) in [5, 5.41) is 9.01. The highest BCUT2D eigenvalue weighted by atomic mass is 16.5. The lowest BCUT2D eigenvalue weighted by molar-refractivity contribution is -0.141. The summed E-state index contributed by atoms with van der Waals surface area (Å²) >= 11 is 0. The van der Waals surface area contributed by atoms with Crippen LogP contribution in [0.3, 0.4) is 0 Å². The maximum Gasteiger partial charge on any atom is 0.326 e. The first-order valence-electron chi connectivity index (χ1n) is 8.24. The second-order valence-electron chi connectivity index (χ2n) is 6.58. The van der Waals surface area contributed by atoms with Crippen LogP contribution in [0.15, 0.2) is 24.3 Å². The number of nitrogens with zero attached hydrogens (tertiary/aromatic N) is 2. The highest BCUT2D eigenvalue weighted by molar-refractivity contribution is 5.96. The summed E-state index contributed by atoms with van der Waals surface area (Å²) in [7, 11) is 1.51. The second-order valence-corrected chi connectivity index (χ2v) is 6.58. The normalized spacial score (nSPS) is 22.8. The lowest BCUT2D eigenvalue weighted by Crippen LogP contribution is -2.44. The molecule has 1 aromatic carbocycles. The monoisotopic (exact) mass is 334 g/mol. The van der Waals surface area contributed by atoms with Gasteiger partial charge in [-0.1, -0.05) is 12.1 Å². The Hall–Kier alpha value is -1.92. The zero-order valence-corrected chi connectivity index (χ0v) is 14.7. The van der Waals surface area contributed by atoms with Crippen LogP contribution >= 0.6 is 0 Å². The quantitative estimate of drug-likeness (QED) is 0.890. The molecule has 3 atom stereocenters. The fraction of sp³-hybridized carbons (Fsp3) is 0.556. The third-order valence-electron chi connectivity index (χ3n) is 4.36. The highest BCUT2D eigenvalue weighted by Crippen LogP contribution is 2.15. The first-order chi connectivity index (χ1) is 11.3. The smallest absolute Gasteiger partial charge is 0.326 e. The molecular weight excluding hydrogens is 308 g/mol. The Balaban J connectivity index is 2.00. The Bertz CT molecular complexity index is 577. The van der Waals surface area contributed by atoms with Crippen molar-refractivity contribution in [1.82, 2.24) is 9.80 Å². The number of carboxylic acids is 1. The van der Waals surface area contributed by atoms with Gasteiger partial charge >= 0.3 is 5.97 Å². The summed E-state index contributed by atoms with van der Waals surface area (Å²) in [6, 6.07) is 6.52.